The number of rotatable bonds is 4. The molecule has 0 radical (unpaired) electrons. The number of carbonyl (C=O) groups is 2. The van der Waals surface area contributed by atoms with Crippen molar-refractivity contribution >= 4 is 45.4 Å². The molecule has 146 valence electrons. The second-order valence-corrected chi connectivity index (χ2v) is 6.98. The fourth-order valence-corrected chi connectivity index (χ4v) is 2.73. The first-order chi connectivity index (χ1) is 13.3. The fraction of sp³-hybridized carbons (Fsp3) is 0.105. The van der Waals surface area contributed by atoms with Crippen LogP contribution >= 0.6 is 27.5 Å². The maximum atomic E-state index is 9.10. The minimum Gasteiger partial charge on any atom is -0.473 e. The molecule has 0 aliphatic heterocycles. The minimum absolute atomic E-state index is 0.725. The number of imidazole rings is 1. The summed E-state index contributed by atoms with van der Waals surface area (Å²) in [6, 6.07) is 16.0. The fourth-order valence-electron chi connectivity index (χ4n) is 2.27. The summed E-state index contributed by atoms with van der Waals surface area (Å²) in [4.78, 5) is 22.7. The van der Waals surface area contributed by atoms with Gasteiger partial charge in [-0.15, -0.1) is 0 Å². The summed E-state index contributed by atoms with van der Waals surface area (Å²) < 4.78 is 3.11. The predicted octanol–water partition coefficient (Wildman–Crippen LogP) is 4.27. The SMILES string of the molecule is Cn1c(-c2cccc(Cl)c2)cnc1NCc1ccc(Br)cc1.O=C(O)C(=O)O. The standard InChI is InChI=1S/C17H15BrClN3.C2H2O4/c1-22-16(13-3-2-4-15(19)9-13)11-21-17(22)20-10-12-5-7-14(18)8-6-12;3-1(4)2(5)6/h2-9,11H,10H2,1H3,(H,20,21);(H,3,4)(H,5,6). The highest BCUT2D eigenvalue weighted by atomic mass is 79.9. The zero-order valence-corrected chi connectivity index (χ0v) is 17.1. The number of nitrogens with one attached hydrogen (secondary N) is 1. The number of carboxylic acids is 2. The average molecular weight is 467 g/mol. The molecule has 0 aliphatic rings. The number of hydrogen-bond acceptors (Lipinski definition) is 4. The van der Waals surface area contributed by atoms with Gasteiger partial charge in [-0.25, -0.2) is 14.6 Å². The van der Waals surface area contributed by atoms with Gasteiger partial charge >= 0.3 is 11.9 Å². The van der Waals surface area contributed by atoms with Gasteiger partial charge in [0.05, 0.1) is 11.9 Å². The van der Waals surface area contributed by atoms with Gasteiger partial charge in [0.15, 0.2) is 0 Å². The van der Waals surface area contributed by atoms with Gasteiger partial charge < -0.3 is 20.1 Å². The lowest BCUT2D eigenvalue weighted by molar-refractivity contribution is -0.159. The molecule has 28 heavy (non-hydrogen) atoms. The highest BCUT2D eigenvalue weighted by Gasteiger charge is 2.08. The van der Waals surface area contributed by atoms with E-state index in [1.807, 2.05) is 54.2 Å². The van der Waals surface area contributed by atoms with Crippen LogP contribution in [0.1, 0.15) is 5.56 Å². The Balaban J connectivity index is 0.000000409. The Morgan fingerprint density at radius 2 is 1.79 bits per heavy atom. The van der Waals surface area contributed by atoms with Gasteiger partial charge in [-0.1, -0.05) is 51.8 Å². The van der Waals surface area contributed by atoms with E-state index in [1.165, 1.54) is 5.56 Å². The van der Waals surface area contributed by atoms with E-state index in [0.717, 1.165) is 33.2 Å². The number of halogens is 2. The van der Waals surface area contributed by atoms with Crippen molar-refractivity contribution in [1.29, 1.82) is 0 Å². The second kappa shape index (κ2) is 9.91. The Kier molecular flexibility index (Phi) is 7.60. The number of aromatic nitrogens is 2. The zero-order chi connectivity index (χ0) is 20.7. The van der Waals surface area contributed by atoms with Crippen LogP contribution in [0.4, 0.5) is 5.95 Å². The van der Waals surface area contributed by atoms with Gasteiger partial charge in [0, 0.05) is 28.7 Å². The molecule has 2 aromatic carbocycles. The Bertz CT molecular complexity index is 962. The smallest absolute Gasteiger partial charge is 0.414 e. The number of hydrogen-bond donors (Lipinski definition) is 3. The Labute approximate surface area is 174 Å². The van der Waals surface area contributed by atoms with E-state index in [9.17, 15) is 0 Å². The van der Waals surface area contributed by atoms with Gasteiger partial charge in [-0.3, -0.25) is 0 Å². The van der Waals surface area contributed by atoms with Gasteiger partial charge in [0.25, 0.3) is 0 Å². The van der Waals surface area contributed by atoms with Crippen LogP contribution in [0.5, 0.6) is 0 Å². The molecule has 0 unspecified atom stereocenters. The van der Waals surface area contributed by atoms with Crippen LogP contribution in [0.3, 0.4) is 0 Å². The van der Waals surface area contributed by atoms with Crippen molar-refractivity contribution in [2.45, 2.75) is 6.54 Å². The maximum Gasteiger partial charge on any atom is 0.414 e. The van der Waals surface area contributed by atoms with E-state index >= 15 is 0 Å². The highest BCUT2D eigenvalue weighted by molar-refractivity contribution is 9.10. The van der Waals surface area contributed by atoms with E-state index in [-0.39, 0.29) is 0 Å². The third-order valence-electron chi connectivity index (χ3n) is 3.66. The summed E-state index contributed by atoms with van der Waals surface area (Å²) in [7, 11) is 1.99. The monoisotopic (exact) mass is 465 g/mol. The molecule has 1 heterocycles. The molecule has 0 aliphatic carbocycles. The molecule has 3 aromatic rings. The van der Waals surface area contributed by atoms with Crippen LogP contribution in [-0.4, -0.2) is 31.7 Å². The Morgan fingerprint density at radius 1 is 1.14 bits per heavy atom. The molecule has 0 amide bonds. The molecule has 0 spiro atoms. The first-order valence-electron chi connectivity index (χ1n) is 8.00. The van der Waals surface area contributed by atoms with Crippen LogP contribution in [0.25, 0.3) is 11.3 Å². The maximum absolute atomic E-state index is 9.10. The molecule has 0 bridgehead atoms. The lowest BCUT2D eigenvalue weighted by Crippen LogP contribution is -2.09. The number of nitrogens with zero attached hydrogens (tertiary/aromatic N) is 2. The number of carboxylic acid groups (broad SMARTS) is 2. The third kappa shape index (κ3) is 6.11. The topological polar surface area (TPSA) is 104 Å². The predicted molar refractivity (Wildman–Crippen MR) is 110 cm³/mol. The quantitative estimate of drug-likeness (QED) is 0.496. The van der Waals surface area contributed by atoms with E-state index in [0.29, 0.717) is 0 Å². The van der Waals surface area contributed by atoms with E-state index in [4.69, 9.17) is 31.4 Å². The highest BCUT2D eigenvalue weighted by Crippen LogP contribution is 2.24. The number of anilines is 1. The average Bonchev–Trinajstić information content (AvgIpc) is 3.02. The Hall–Kier alpha value is -2.84. The molecular weight excluding hydrogens is 450 g/mol. The molecular formula is C19H17BrClN3O4. The molecule has 1 aromatic heterocycles. The van der Waals surface area contributed by atoms with Crippen molar-refractivity contribution in [2.75, 3.05) is 5.32 Å². The van der Waals surface area contributed by atoms with Crippen molar-refractivity contribution < 1.29 is 19.8 Å². The minimum atomic E-state index is -1.82. The lowest BCUT2D eigenvalue weighted by atomic mass is 10.2. The molecule has 7 nitrogen and oxygen atoms in total. The van der Waals surface area contributed by atoms with E-state index in [2.05, 4.69) is 38.4 Å². The van der Waals surface area contributed by atoms with Crippen molar-refractivity contribution in [3.8, 4) is 11.3 Å². The summed E-state index contributed by atoms with van der Waals surface area (Å²) in [6.07, 6.45) is 1.86. The first-order valence-corrected chi connectivity index (χ1v) is 9.17. The van der Waals surface area contributed by atoms with Crippen LogP contribution in [-0.2, 0) is 23.2 Å². The van der Waals surface area contributed by atoms with Crippen molar-refractivity contribution in [3.05, 3.63) is 69.8 Å². The van der Waals surface area contributed by atoms with Gasteiger partial charge in [-0.05, 0) is 29.8 Å². The number of benzene rings is 2. The second-order valence-electron chi connectivity index (χ2n) is 5.63. The Morgan fingerprint density at radius 3 is 2.36 bits per heavy atom. The zero-order valence-electron chi connectivity index (χ0n) is 14.8. The summed E-state index contributed by atoms with van der Waals surface area (Å²) in [5.74, 6) is -2.82. The van der Waals surface area contributed by atoms with Crippen molar-refractivity contribution in [3.63, 3.8) is 0 Å². The third-order valence-corrected chi connectivity index (χ3v) is 4.42. The molecule has 3 N–H and O–H groups in total. The summed E-state index contributed by atoms with van der Waals surface area (Å²) in [5.41, 5.74) is 3.29. The van der Waals surface area contributed by atoms with E-state index in [1.54, 1.807) is 0 Å². The van der Waals surface area contributed by atoms with Crippen molar-refractivity contribution in [2.24, 2.45) is 7.05 Å². The van der Waals surface area contributed by atoms with Crippen LogP contribution in [0.15, 0.2) is 59.2 Å². The van der Waals surface area contributed by atoms with Crippen LogP contribution < -0.4 is 5.32 Å². The van der Waals surface area contributed by atoms with Gasteiger partial charge in [0.1, 0.15) is 0 Å². The largest absolute Gasteiger partial charge is 0.473 e. The molecule has 3 rings (SSSR count). The van der Waals surface area contributed by atoms with Gasteiger partial charge in [0.2, 0.25) is 5.95 Å². The molecule has 9 heteroatoms. The van der Waals surface area contributed by atoms with Crippen molar-refractivity contribution in [1.82, 2.24) is 9.55 Å². The van der Waals surface area contributed by atoms with Crippen LogP contribution in [0, 0.1) is 0 Å². The summed E-state index contributed by atoms with van der Waals surface area (Å²) in [5, 5.41) is 18.9. The van der Waals surface area contributed by atoms with Gasteiger partial charge in [-0.2, -0.15) is 0 Å². The molecule has 0 saturated heterocycles. The summed E-state index contributed by atoms with van der Waals surface area (Å²) >= 11 is 9.50. The van der Waals surface area contributed by atoms with E-state index < -0.39 is 11.9 Å². The lowest BCUT2D eigenvalue weighted by Gasteiger charge is -2.09. The number of aliphatic carboxylic acids is 2. The first kappa shape index (κ1) is 21.5. The summed E-state index contributed by atoms with van der Waals surface area (Å²) in [6.45, 7) is 0.729. The van der Waals surface area contributed by atoms with Crippen LogP contribution in [0.2, 0.25) is 5.02 Å². The molecule has 0 saturated carbocycles. The molecule has 0 fully saturated rings. The normalized spacial score (nSPS) is 9.96. The molecule has 0 atom stereocenters.